The third-order valence-corrected chi connectivity index (χ3v) is 5.32. The molecule has 3 aromatic rings. The fraction of sp³-hybridized carbons (Fsp3) is 0.269. The van der Waals surface area contributed by atoms with Gasteiger partial charge in [0.15, 0.2) is 0 Å². The largest absolute Gasteiger partial charge is 0.495 e. The number of aliphatic imine (C=N–C) groups is 1. The third kappa shape index (κ3) is 6.59. The highest BCUT2D eigenvalue weighted by Crippen LogP contribution is 2.33. The van der Waals surface area contributed by atoms with Gasteiger partial charge in [-0.05, 0) is 54.3 Å². The molecule has 1 aromatic heterocycles. The van der Waals surface area contributed by atoms with E-state index in [0.29, 0.717) is 39.8 Å². The summed E-state index contributed by atoms with van der Waals surface area (Å²) in [4.78, 5) is 22.5. The lowest BCUT2D eigenvalue weighted by atomic mass is 10.0. The zero-order valence-corrected chi connectivity index (χ0v) is 20.0. The summed E-state index contributed by atoms with van der Waals surface area (Å²) >= 11 is 0. The predicted molar refractivity (Wildman–Crippen MR) is 134 cm³/mol. The maximum absolute atomic E-state index is 13.4. The van der Waals surface area contributed by atoms with Gasteiger partial charge in [0.1, 0.15) is 23.1 Å². The van der Waals surface area contributed by atoms with Gasteiger partial charge in [-0.25, -0.2) is 9.18 Å². The highest BCUT2D eigenvalue weighted by Gasteiger charge is 2.33. The minimum Gasteiger partial charge on any atom is -0.495 e. The molecule has 2 aromatic carbocycles. The summed E-state index contributed by atoms with van der Waals surface area (Å²) in [7, 11) is 1.45. The van der Waals surface area contributed by atoms with Gasteiger partial charge in [0.05, 0.1) is 12.6 Å². The second kappa shape index (κ2) is 11.7. The number of alkyl halides is 3. The van der Waals surface area contributed by atoms with Gasteiger partial charge in [0, 0.05) is 18.1 Å². The molecular weight excluding hydrogens is 476 g/mol. The van der Waals surface area contributed by atoms with E-state index in [-0.39, 0.29) is 24.6 Å². The number of nitrogens with zero attached hydrogens (tertiary/aromatic N) is 2. The Bertz CT molecular complexity index is 1360. The van der Waals surface area contributed by atoms with E-state index in [2.05, 4.69) is 20.3 Å². The fourth-order valence-electron chi connectivity index (χ4n) is 3.42. The maximum Gasteiger partial charge on any atom is 0.433 e. The van der Waals surface area contributed by atoms with E-state index < -0.39 is 17.6 Å². The number of ether oxygens (including phenoxy) is 1. The van der Waals surface area contributed by atoms with Crippen LogP contribution in [0.3, 0.4) is 0 Å². The van der Waals surface area contributed by atoms with Gasteiger partial charge in [-0.2, -0.15) is 18.2 Å². The van der Waals surface area contributed by atoms with Gasteiger partial charge in [-0.15, -0.1) is 0 Å². The third-order valence-electron chi connectivity index (χ3n) is 5.32. The van der Waals surface area contributed by atoms with Crippen molar-refractivity contribution >= 4 is 22.9 Å². The number of benzene rings is 2. The molecule has 2 N–H and O–H groups in total. The van der Waals surface area contributed by atoms with Crippen molar-refractivity contribution in [3.63, 3.8) is 0 Å². The first-order chi connectivity index (χ1) is 17.2. The highest BCUT2D eigenvalue weighted by molar-refractivity contribution is 5.97. The van der Waals surface area contributed by atoms with Gasteiger partial charge in [-0.1, -0.05) is 37.6 Å². The SMILES string of the molecule is C\C=C(/C=N/C(=C/CCC)C(F)(F)F)CNc1nc(=O)[nH]c2c(OC)cc(-c3ccc(F)cc3)cc12. The zero-order valence-electron chi connectivity index (χ0n) is 20.0. The first kappa shape index (κ1) is 26.7. The molecule has 3 rings (SSSR count). The van der Waals surface area contributed by atoms with E-state index in [9.17, 15) is 22.4 Å². The summed E-state index contributed by atoms with van der Waals surface area (Å²) in [6, 6.07) is 9.35. The molecule has 0 saturated heterocycles. The summed E-state index contributed by atoms with van der Waals surface area (Å²) < 4.78 is 58.6. The van der Waals surface area contributed by atoms with Crippen LogP contribution in [0.2, 0.25) is 0 Å². The summed E-state index contributed by atoms with van der Waals surface area (Å²) in [6.07, 6.45) is 0.0857. The normalized spacial score (nSPS) is 13.0. The minimum absolute atomic E-state index is 0.0631. The van der Waals surface area contributed by atoms with Gasteiger partial charge in [0.25, 0.3) is 0 Å². The quantitative estimate of drug-likeness (QED) is 0.262. The highest BCUT2D eigenvalue weighted by atomic mass is 19.4. The van der Waals surface area contributed by atoms with Crippen LogP contribution in [0.15, 0.2) is 69.6 Å². The number of H-pyrrole nitrogens is 1. The molecule has 0 fully saturated rings. The maximum atomic E-state index is 13.4. The minimum atomic E-state index is -4.56. The van der Waals surface area contributed by atoms with Crippen molar-refractivity contribution in [1.82, 2.24) is 9.97 Å². The molecule has 0 saturated carbocycles. The Morgan fingerprint density at radius 1 is 1.19 bits per heavy atom. The van der Waals surface area contributed by atoms with Crippen molar-refractivity contribution in [2.75, 3.05) is 19.0 Å². The monoisotopic (exact) mass is 502 g/mol. The molecule has 0 bridgehead atoms. The van der Waals surface area contributed by atoms with Gasteiger partial charge in [0.2, 0.25) is 0 Å². The topological polar surface area (TPSA) is 79.4 Å². The number of nitrogens with one attached hydrogen (secondary N) is 2. The molecule has 0 aliphatic carbocycles. The number of hydrogen-bond donors (Lipinski definition) is 2. The smallest absolute Gasteiger partial charge is 0.433 e. The molecule has 10 heteroatoms. The second-order valence-electron chi connectivity index (χ2n) is 7.85. The van der Waals surface area contributed by atoms with Crippen LogP contribution in [-0.2, 0) is 0 Å². The Balaban J connectivity index is 1.96. The number of halogens is 4. The van der Waals surface area contributed by atoms with E-state index >= 15 is 0 Å². The number of allylic oxidation sites excluding steroid dienone is 3. The Kier molecular flexibility index (Phi) is 8.63. The number of fused-ring (bicyclic) bond motifs is 1. The lowest BCUT2D eigenvalue weighted by Gasteiger charge is -2.13. The van der Waals surface area contributed by atoms with Crippen molar-refractivity contribution in [3.05, 3.63) is 76.1 Å². The van der Waals surface area contributed by atoms with Crippen molar-refractivity contribution in [3.8, 4) is 16.9 Å². The van der Waals surface area contributed by atoms with Crippen molar-refractivity contribution in [2.45, 2.75) is 32.9 Å². The molecule has 6 nitrogen and oxygen atoms in total. The van der Waals surface area contributed by atoms with E-state index in [1.807, 2.05) is 0 Å². The van der Waals surface area contributed by atoms with Crippen LogP contribution in [0, 0.1) is 5.82 Å². The van der Waals surface area contributed by atoms with Crippen molar-refractivity contribution in [2.24, 2.45) is 4.99 Å². The number of anilines is 1. The van der Waals surface area contributed by atoms with Crippen molar-refractivity contribution < 1.29 is 22.3 Å². The average Bonchev–Trinajstić information content (AvgIpc) is 2.84. The summed E-state index contributed by atoms with van der Waals surface area (Å²) in [6.45, 7) is 3.52. The molecule has 0 unspecified atom stereocenters. The Hall–Kier alpha value is -3.95. The molecule has 190 valence electrons. The van der Waals surface area contributed by atoms with Crippen LogP contribution < -0.4 is 15.7 Å². The number of rotatable bonds is 9. The fourth-order valence-corrected chi connectivity index (χ4v) is 3.42. The molecule has 0 atom stereocenters. The molecule has 0 aliphatic heterocycles. The number of aromatic nitrogens is 2. The first-order valence-corrected chi connectivity index (χ1v) is 11.2. The molecule has 0 radical (unpaired) electrons. The zero-order chi connectivity index (χ0) is 26.3. The summed E-state index contributed by atoms with van der Waals surface area (Å²) in [5.41, 5.74) is 0.669. The number of unbranched alkanes of at least 4 members (excludes halogenated alkanes) is 1. The lowest BCUT2D eigenvalue weighted by Crippen LogP contribution is -2.16. The molecular formula is C26H26F4N4O2. The molecule has 1 heterocycles. The first-order valence-electron chi connectivity index (χ1n) is 11.2. The Morgan fingerprint density at radius 2 is 1.92 bits per heavy atom. The van der Waals surface area contributed by atoms with Gasteiger partial charge >= 0.3 is 11.9 Å². The molecule has 0 spiro atoms. The van der Waals surface area contributed by atoms with Crippen LogP contribution >= 0.6 is 0 Å². The predicted octanol–water partition coefficient (Wildman–Crippen LogP) is 6.41. The van der Waals surface area contributed by atoms with E-state index in [1.165, 1.54) is 19.2 Å². The standard InChI is InChI=1S/C26H26F4N4O2/c1-4-6-7-22(26(28,29)30)31-14-16(5-2)15-32-24-20-12-18(17-8-10-19(27)11-9-17)13-21(36-3)23(20)33-25(35)34-24/h5,7-14H,4,6,15H2,1-3H3,(H2,32,33,34,35)/b16-5+,22-7+,31-14+. The van der Waals surface area contributed by atoms with Crippen LogP contribution in [-0.4, -0.2) is 36.0 Å². The summed E-state index contributed by atoms with van der Waals surface area (Å²) in [5.74, 6) is 0.207. The van der Waals surface area contributed by atoms with E-state index in [0.717, 1.165) is 12.3 Å². The second-order valence-corrected chi connectivity index (χ2v) is 7.85. The molecule has 0 aliphatic rings. The van der Waals surface area contributed by atoms with Crippen LogP contribution in [0.4, 0.5) is 23.4 Å². The van der Waals surface area contributed by atoms with E-state index in [1.54, 1.807) is 44.2 Å². The van der Waals surface area contributed by atoms with E-state index in [4.69, 9.17) is 4.74 Å². The average molecular weight is 503 g/mol. The van der Waals surface area contributed by atoms with Crippen LogP contribution in [0.25, 0.3) is 22.0 Å². The molecule has 36 heavy (non-hydrogen) atoms. The van der Waals surface area contributed by atoms with Gasteiger partial charge < -0.3 is 15.0 Å². The Morgan fingerprint density at radius 3 is 2.53 bits per heavy atom. The Labute approximate surface area is 205 Å². The van der Waals surface area contributed by atoms with Crippen LogP contribution in [0.5, 0.6) is 5.75 Å². The molecule has 0 amide bonds. The lowest BCUT2D eigenvalue weighted by molar-refractivity contribution is -0.0925. The number of aromatic amines is 1. The summed E-state index contributed by atoms with van der Waals surface area (Å²) in [5, 5.41) is 3.53. The van der Waals surface area contributed by atoms with Gasteiger partial charge in [-0.3, -0.25) is 4.99 Å². The number of methoxy groups -OCH3 is 1. The van der Waals surface area contributed by atoms with Crippen molar-refractivity contribution in [1.29, 1.82) is 0 Å². The van der Waals surface area contributed by atoms with Crippen LogP contribution in [0.1, 0.15) is 26.7 Å². The number of hydrogen-bond acceptors (Lipinski definition) is 5.